The molecule has 1 unspecified atom stereocenters. The molecule has 0 saturated carbocycles. The molecule has 35 heavy (non-hydrogen) atoms. The Balaban J connectivity index is 1.64. The second kappa shape index (κ2) is 10.6. The minimum atomic E-state index is -0.989. The number of methoxy groups -OCH3 is 2. The van der Waals surface area contributed by atoms with Crippen molar-refractivity contribution >= 4 is 23.2 Å². The van der Waals surface area contributed by atoms with Crippen molar-refractivity contribution in [1.82, 2.24) is 5.32 Å². The molecule has 8 heteroatoms. The summed E-state index contributed by atoms with van der Waals surface area (Å²) in [5.74, 6) is 6.38. The van der Waals surface area contributed by atoms with Gasteiger partial charge in [-0.25, -0.2) is 4.79 Å². The standard InChI is InChI=1S/C27H25NO6S/c1-16(18-5-7-19(8-6-18)27(30)31)28-26(29)25-22-10-11-34-15-24(22)35-23(25)9-4-17-12-20(32-2)14-21(13-17)33-3/h5-8,12-14,16H,10-11,15H2,1-3H3,(H,28,29)(H,30,31). The van der Waals surface area contributed by atoms with Gasteiger partial charge in [0.05, 0.1) is 49.5 Å². The number of thiophene rings is 1. The molecular formula is C27H25NO6S. The van der Waals surface area contributed by atoms with Crippen molar-refractivity contribution in [2.45, 2.75) is 26.0 Å². The minimum absolute atomic E-state index is 0.200. The maximum atomic E-state index is 13.4. The molecule has 180 valence electrons. The predicted molar refractivity (Wildman–Crippen MR) is 132 cm³/mol. The van der Waals surface area contributed by atoms with E-state index in [-0.39, 0.29) is 17.5 Å². The molecule has 0 bridgehead atoms. The van der Waals surface area contributed by atoms with Crippen LogP contribution in [0.4, 0.5) is 0 Å². The van der Waals surface area contributed by atoms with Crippen LogP contribution in [0.15, 0.2) is 42.5 Å². The number of carbonyl (C=O) groups is 2. The SMILES string of the molecule is COc1cc(C#Cc2sc3c(c2C(=O)NC(C)c2ccc(C(=O)O)cc2)CCOC3)cc(OC)c1. The molecule has 3 aromatic rings. The van der Waals surface area contributed by atoms with E-state index in [0.29, 0.717) is 47.1 Å². The number of hydrogen-bond donors (Lipinski definition) is 2. The van der Waals surface area contributed by atoms with Gasteiger partial charge in [-0.2, -0.15) is 0 Å². The normalized spacial score (nSPS) is 13.1. The van der Waals surface area contributed by atoms with Crippen LogP contribution in [0.3, 0.4) is 0 Å². The van der Waals surface area contributed by atoms with E-state index in [0.717, 1.165) is 16.0 Å². The monoisotopic (exact) mass is 491 g/mol. The molecule has 1 amide bonds. The zero-order valence-corrected chi connectivity index (χ0v) is 20.5. The first-order valence-corrected chi connectivity index (χ1v) is 11.8. The Labute approximate surface area is 207 Å². The van der Waals surface area contributed by atoms with Crippen LogP contribution in [0.5, 0.6) is 11.5 Å². The van der Waals surface area contributed by atoms with Crippen LogP contribution < -0.4 is 14.8 Å². The average molecular weight is 492 g/mol. The molecule has 1 aliphatic rings. The number of carbonyl (C=O) groups excluding carboxylic acids is 1. The third-order valence-corrected chi connectivity index (χ3v) is 6.85. The Morgan fingerprint density at radius 1 is 1.09 bits per heavy atom. The summed E-state index contributed by atoms with van der Waals surface area (Å²) in [6, 6.07) is 11.6. The number of rotatable bonds is 6. The average Bonchev–Trinajstić information content (AvgIpc) is 3.25. The first kappa shape index (κ1) is 24.3. The highest BCUT2D eigenvalue weighted by molar-refractivity contribution is 7.13. The van der Waals surface area contributed by atoms with Crippen LogP contribution in [0.25, 0.3) is 0 Å². The van der Waals surface area contributed by atoms with Gasteiger partial charge in [0.25, 0.3) is 5.91 Å². The summed E-state index contributed by atoms with van der Waals surface area (Å²) in [5.41, 5.74) is 3.27. The summed E-state index contributed by atoms with van der Waals surface area (Å²) in [6.07, 6.45) is 0.644. The van der Waals surface area contributed by atoms with Gasteiger partial charge in [-0.05, 0) is 54.7 Å². The maximum Gasteiger partial charge on any atom is 0.335 e. The largest absolute Gasteiger partial charge is 0.497 e. The molecule has 0 fully saturated rings. The van der Waals surface area contributed by atoms with E-state index in [4.69, 9.17) is 19.3 Å². The molecular weight excluding hydrogens is 466 g/mol. The Hall–Kier alpha value is -3.80. The first-order chi connectivity index (χ1) is 16.9. The number of carboxylic acids is 1. The molecule has 0 saturated heterocycles. The summed E-state index contributed by atoms with van der Waals surface area (Å²) in [7, 11) is 3.16. The van der Waals surface area contributed by atoms with Gasteiger partial charge in [0, 0.05) is 16.5 Å². The van der Waals surface area contributed by atoms with Gasteiger partial charge in [0.2, 0.25) is 0 Å². The summed E-state index contributed by atoms with van der Waals surface area (Å²) in [4.78, 5) is 26.2. The number of carboxylic acid groups (broad SMARTS) is 1. The number of hydrogen-bond acceptors (Lipinski definition) is 6. The van der Waals surface area contributed by atoms with Gasteiger partial charge in [-0.15, -0.1) is 11.3 Å². The lowest BCUT2D eigenvalue weighted by Gasteiger charge is -2.17. The van der Waals surface area contributed by atoms with Gasteiger partial charge < -0.3 is 24.6 Å². The lowest BCUT2D eigenvalue weighted by atomic mass is 10.0. The van der Waals surface area contributed by atoms with E-state index in [1.54, 1.807) is 32.4 Å². The molecule has 2 N–H and O–H groups in total. The van der Waals surface area contributed by atoms with Gasteiger partial charge in [0.1, 0.15) is 11.5 Å². The van der Waals surface area contributed by atoms with Crippen LogP contribution in [-0.4, -0.2) is 37.8 Å². The first-order valence-electron chi connectivity index (χ1n) is 11.0. The third kappa shape index (κ3) is 5.48. The fraction of sp³-hybridized carbons (Fsp3) is 0.259. The zero-order valence-electron chi connectivity index (χ0n) is 19.6. The Morgan fingerprint density at radius 2 is 1.77 bits per heavy atom. The van der Waals surface area contributed by atoms with E-state index < -0.39 is 5.97 Å². The van der Waals surface area contributed by atoms with Crippen LogP contribution in [0, 0.1) is 11.8 Å². The lowest BCUT2D eigenvalue weighted by molar-refractivity contribution is 0.0696. The maximum absolute atomic E-state index is 13.4. The molecule has 2 heterocycles. The second-order valence-corrected chi connectivity index (χ2v) is 9.09. The van der Waals surface area contributed by atoms with Crippen molar-refractivity contribution in [2.24, 2.45) is 0 Å². The predicted octanol–water partition coefficient (Wildman–Crippen LogP) is 4.43. The highest BCUT2D eigenvalue weighted by Crippen LogP contribution is 2.33. The molecule has 1 atom stereocenters. The Bertz CT molecular complexity index is 1290. The number of ether oxygens (including phenoxy) is 3. The van der Waals surface area contributed by atoms with Crippen LogP contribution >= 0.6 is 11.3 Å². The number of fused-ring (bicyclic) bond motifs is 1. The molecule has 7 nitrogen and oxygen atoms in total. The molecule has 1 aliphatic heterocycles. The van der Waals surface area contributed by atoms with Crippen LogP contribution in [0.1, 0.15) is 60.1 Å². The third-order valence-electron chi connectivity index (χ3n) is 5.72. The summed E-state index contributed by atoms with van der Waals surface area (Å²) >= 11 is 1.47. The van der Waals surface area contributed by atoms with E-state index in [2.05, 4.69) is 17.2 Å². The summed E-state index contributed by atoms with van der Waals surface area (Å²) < 4.78 is 16.2. The topological polar surface area (TPSA) is 94.1 Å². The molecule has 0 radical (unpaired) electrons. The highest BCUT2D eigenvalue weighted by atomic mass is 32.1. The number of aromatic carboxylic acids is 1. The highest BCUT2D eigenvalue weighted by Gasteiger charge is 2.26. The second-order valence-electron chi connectivity index (χ2n) is 7.98. The molecule has 2 aromatic carbocycles. The van der Waals surface area contributed by atoms with Crippen molar-refractivity contribution in [1.29, 1.82) is 0 Å². The smallest absolute Gasteiger partial charge is 0.335 e. The molecule has 0 aliphatic carbocycles. The van der Waals surface area contributed by atoms with Crippen molar-refractivity contribution in [2.75, 3.05) is 20.8 Å². The Kier molecular flexibility index (Phi) is 7.39. The van der Waals surface area contributed by atoms with E-state index in [9.17, 15) is 9.59 Å². The number of benzene rings is 2. The van der Waals surface area contributed by atoms with Crippen molar-refractivity contribution in [3.63, 3.8) is 0 Å². The summed E-state index contributed by atoms with van der Waals surface area (Å²) in [5, 5.41) is 12.2. The van der Waals surface area contributed by atoms with Gasteiger partial charge in [-0.3, -0.25) is 4.79 Å². The summed E-state index contributed by atoms with van der Waals surface area (Å²) in [6.45, 7) is 2.88. The minimum Gasteiger partial charge on any atom is -0.497 e. The molecule has 0 spiro atoms. The van der Waals surface area contributed by atoms with Crippen molar-refractivity contribution in [3.8, 4) is 23.3 Å². The zero-order chi connectivity index (χ0) is 24.9. The van der Waals surface area contributed by atoms with Crippen LogP contribution in [0.2, 0.25) is 0 Å². The van der Waals surface area contributed by atoms with Gasteiger partial charge >= 0.3 is 5.97 Å². The lowest BCUT2D eigenvalue weighted by Crippen LogP contribution is -2.28. The molecule has 1 aromatic heterocycles. The number of amides is 1. The quantitative estimate of drug-likeness (QED) is 0.496. The van der Waals surface area contributed by atoms with E-state index in [1.165, 1.54) is 23.5 Å². The van der Waals surface area contributed by atoms with E-state index >= 15 is 0 Å². The fourth-order valence-corrected chi connectivity index (χ4v) is 4.97. The fourth-order valence-electron chi connectivity index (χ4n) is 3.84. The van der Waals surface area contributed by atoms with Crippen molar-refractivity contribution in [3.05, 3.63) is 80.0 Å². The van der Waals surface area contributed by atoms with Gasteiger partial charge in [0.15, 0.2) is 0 Å². The number of nitrogens with one attached hydrogen (secondary N) is 1. The Morgan fingerprint density at radius 3 is 2.40 bits per heavy atom. The van der Waals surface area contributed by atoms with Crippen LogP contribution in [-0.2, 0) is 17.8 Å². The van der Waals surface area contributed by atoms with Gasteiger partial charge in [-0.1, -0.05) is 18.1 Å². The van der Waals surface area contributed by atoms with Crippen molar-refractivity contribution < 1.29 is 28.9 Å². The molecule has 4 rings (SSSR count). The van der Waals surface area contributed by atoms with E-state index in [1.807, 2.05) is 19.1 Å².